The van der Waals surface area contributed by atoms with Crippen LogP contribution in [0.3, 0.4) is 0 Å². The molecule has 0 unspecified atom stereocenters. The van der Waals surface area contributed by atoms with Crippen molar-refractivity contribution in [1.82, 2.24) is 0 Å². The first-order valence-corrected chi connectivity index (χ1v) is 6.89. The second-order valence-corrected chi connectivity index (χ2v) is 4.62. The van der Waals surface area contributed by atoms with Gasteiger partial charge in [-0.05, 0) is 12.8 Å². The number of ether oxygens (including phenoxy) is 1. The molecule has 0 saturated heterocycles. The molecule has 1 rings (SSSR count). The highest BCUT2D eigenvalue weighted by atomic mass is 19.1. The van der Waals surface area contributed by atoms with Crippen molar-refractivity contribution < 1.29 is 19.2 Å². The lowest BCUT2D eigenvalue weighted by Crippen LogP contribution is -2.37. The predicted molar refractivity (Wildman–Crippen MR) is 78.4 cm³/mol. The Morgan fingerprint density at radius 2 is 2.05 bits per heavy atom. The monoisotopic (exact) mass is 300 g/mol. The van der Waals surface area contributed by atoms with Gasteiger partial charge in [0.1, 0.15) is 0 Å². The molecular formula is C14H21FN2O4. The van der Waals surface area contributed by atoms with Crippen molar-refractivity contribution in [3.63, 3.8) is 0 Å². The second-order valence-electron chi connectivity index (χ2n) is 4.62. The van der Waals surface area contributed by atoms with Crippen LogP contribution in [0.25, 0.3) is 0 Å². The summed E-state index contributed by atoms with van der Waals surface area (Å²) in [6, 6.07) is 2.22. The van der Waals surface area contributed by atoms with Gasteiger partial charge < -0.3 is 14.7 Å². The molecule has 0 aliphatic carbocycles. The molecule has 0 aliphatic heterocycles. The third-order valence-corrected chi connectivity index (χ3v) is 3.48. The van der Waals surface area contributed by atoms with Gasteiger partial charge in [0.15, 0.2) is 11.6 Å². The predicted octanol–water partition coefficient (Wildman–Crippen LogP) is 2.73. The Labute approximate surface area is 123 Å². The minimum atomic E-state index is -0.692. The Kier molecular flexibility index (Phi) is 6.36. The third-order valence-electron chi connectivity index (χ3n) is 3.48. The van der Waals surface area contributed by atoms with Gasteiger partial charge in [-0.15, -0.1) is 0 Å². The summed E-state index contributed by atoms with van der Waals surface area (Å²) >= 11 is 0. The third kappa shape index (κ3) is 3.81. The number of hydrogen-bond donors (Lipinski definition) is 1. The van der Waals surface area contributed by atoms with Gasteiger partial charge in [0.05, 0.1) is 30.4 Å². The van der Waals surface area contributed by atoms with Gasteiger partial charge in [-0.3, -0.25) is 10.1 Å². The molecule has 21 heavy (non-hydrogen) atoms. The Morgan fingerprint density at radius 3 is 2.48 bits per heavy atom. The molecule has 0 heterocycles. The van der Waals surface area contributed by atoms with Gasteiger partial charge in [0, 0.05) is 18.7 Å². The van der Waals surface area contributed by atoms with Crippen LogP contribution in [0.5, 0.6) is 5.75 Å². The number of aliphatic hydroxyl groups is 1. The van der Waals surface area contributed by atoms with Crippen LogP contribution < -0.4 is 9.64 Å². The standard InChI is InChI=1S/C14H21FN2O4/c1-4-10(5-2)16(6-7-18)12-9-14(21-3)13(17(19)20)8-11(12)15/h8-10,18H,4-7H2,1-3H3. The minimum Gasteiger partial charge on any atom is -0.490 e. The second kappa shape index (κ2) is 7.78. The van der Waals surface area contributed by atoms with Crippen molar-refractivity contribution in [2.75, 3.05) is 25.2 Å². The molecule has 1 aromatic carbocycles. The summed E-state index contributed by atoms with van der Waals surface area (Å²) in [5.74, 6) is -0.687. The van der Waals surface area contributed by atoms with Crippen molar-refractivity contribution in [2.24, 2.45) is 0 Å². The van der Waals surface area contributed by atoms with Gasteiger partial charge in [0.25, 0.3) is 0 Å². The van der Waals surface area contributed by atoms with E-state index in [1.165, 1.54) is 13.2 Å². The highest BCUT2D eigenvalue weighted by molar-refractivity contribution is 5.60. The molecule has 0 saturated carbocycles. The molecule has 0 aliphatic rings. The van der Waals surface area contributed by atoms with Gasteiger partial charge in [-0.2, -0.15) is 0 Å². The lowest BCUT2D eigenvalue weighted by atomic mass is 10.1. The summed E-state index contributed by atoms with van der Waals surface area (Å²) in [7, 11) is 1.30. The number of nitrogens with zero attached hydrogens (tertiary/aromatic N) is 2. The molecule has 0 amide bonds. The van der Waals surface area contributed by atoms with Crippen LogP contribution in [0.1, 0.15) is 26.7 Å². The average molecular weight is 300 g/mol. The van der Waals surface area contributed by atoms with E-state index in [4.69, 9.17) is 4.74 Å². The molecular weight excluding hydrogens is 279 g/mol. The molecule has 1 N–H and O–H groups in total. The van der Waals surface area contributed by atoms with Crippen molar-refractivity contribution >= 4 is 11.4 Å². The molecule has 0 aromatic heterocycles. The van der Waals surface area contributed by atoms with Gasteiger partial charge in [-0.25, -0.2) is 4.39 Å². The van der Waals surface area contributed by atoms with E-state index in [-0.39, 0.29) is 30.6 Å². The van der Waals surface area contributed by atoms with Crippen LogP contribution >= 0.6 is 0 Å². The van der Waals surface area contributed by atoms with Crippen molar-refractivity contribution in [3.8, 4) is 5.75 Å². The number of rotatable bonds is 8. The average Bonchev–Trinajstić information content (AvgIpc) is 2.47. The van der Waals surface area contributed by atoms with Gasteiger partial charge in [-0.1, -0.05) is 13.8 Å². The lowest BCUT2D eigenvalue weighted by Gasteiger charge is -2.32. The molecule has 0 bridgehead atoms. The molecule has 7 heteroatoms. The number of aliphatic hydroxyl groups excluding tert-OH is 1. The summed E-state index contributed by atoms with van der Waals surface area (Å²) < 4.78 is 19.2. The summed E-state index contributed by atoms with van der Waals surface area (Å²) in [5, 5.41) is 20.1. The molecule has 1 aromatic rings. The van der Waals surface area contributed by atoms with Crippen LogP contribution in [0, 0.1) is 15.9 Å². The topological polar surface area (TPSA) is 75.8 Å². The van der Waals surface area contributed by atoms with Crippen LogP contribution in [0.2, 0.25) is 0 Å². The number of hydrogen-bond acceptors (Lipinski definition) is 5. The molecule has 0 atom stereocenters. The first kappa shape index (κ1) is 17.2. The zero-order chi connectivity index (χ0) is 16.0. The van der Waals surface area contributed by atoms with E-state index < -0.39 is 16.4 Å². The fraction of sp³-hybridized carbons (Fsp3) is 0.571. The molecule has 0 fully saturated rings. The van der Waals surface area contributed by atoms with Gasteiger partial charge in [0.2, 0.25) is 0 Å². The van der Waals surface area contributed by atoms with E-state index in [0.717, 1.165) is 18.9 Å². The van der Waals surface area contributed by atoms with E-state index in [1.807, 2.05) is 13.8 Å². The maximum atomic E-state index is 14.2. The quantitative estimate of drug-likeness (QED) is 0.590. The van der Waals surface area contributed by atoms with Crippen LogP contribution in [-0.4, -0.2) is 36.3 Å². The number of benzene rings is 1. The minimum absolute atomic E-state index is 0.00490. The Morgan fingerprint density at radius 1 is 1.43 bits per heavy atom. The SMILES string of the molecule is CCC(CC)N(CCO)c1cc(OC)c([N+](=O)[O-])cc1F. The van der Waals surface area contributed by atoms with Crippen LogP contribution in [0.15, 0.2) is 12.1 Å². The molecule has 118 valence electrons. The smallest absolute Gasteiger partial charge is 0.313 e. The van der Waals surface area contributed by atoms with E-state index in [9.17, 15) is 19.6 Å². The van der Waals surface area contributed by atoms with E-state index in [2.05, 4.69) is 0 Å². The zero-order valence-corrected chi connectivity index (χ0v) is 12.5. The Balaban J connectivity index is 3.34. The summed E-state index contributed by atoms with van der Waals surface area (Å²) in [4.78, 5) is 11.9. The van der Waals surface area contributed by atoms with E-state index in [1.54, 1.807) is 4.90 Å². The van der Waals surface area contributed by atoms with Crippen molar-refractivity contribution in [2.45, 2.75) is 32.7 Å². The van der Waals surface area contributed by atoms with Crippen molar-refractivity contribution in [1.29, 1.82) is 0 Å². The summed E-state index contributed by atoms with van der Waals surface area (Å²) in [6.45, 7) is 4.07. The normalized spacial score (nSPS) is 10.8. The van der Waals surface area contributed by atoms with Crippen LogP contribution in [0.4, 0.5) is 15.8 Å². The lowest BCUT2D eigenvalue weighted by molar-refractivity contribution is -0.385. The highest BCUT2D eigenvalue weighted by Gasteiger charge is 2.24. The first-order chi connectivity index (χ1) is 9.99. The first-order valence-electron chi connectivity index (χ1n) is 6.89. The molecule has 0 spiro atoms. The van der Waals surface area contributed by atoms with Crippen molar-refractivity contribution in [3.05, 3.63) is 28.1 Å². The molecule has 0 radical (unpaired) electrons. The molecule has 6 nitrogen and oxygen atoms in total. The van der Waals surface area contributed by atoms with E-state index >= 15 is 0 Å². The number of halogens is 1. The Hall–Kier alpha value is -1.89. The maximum Gasteiger partial charge on any atom is 0.313 e. The Bertz CT molecular complexity index is 492. The zero-order valence-electron chi connectivity index (χ0n) is 12.5. The summed E-state index contributed by atoms with van der Waals surface area (Å²) in [6.07, 6.45) is 1.55. The fourth-order valence-corrected chi connectivity index (χ4v) is 2.40. The fourth-order valence-electron chi connectivity index (χ4n) is 2.40. The van der Waals surface area contributed by atoms with E-state index in [0.29, 0.717) is 0 Å². The number of nitro benzene ring substituents is 1. The highest BCUT2D eigenvalue weighted by Crippen LogP contribution is 2.35. The largest absolute Gasteiger partial charge is 0.490 e. The van der Waals surface area contributed by atoms with Gasteiger partial charge >= 0.3 is 5.69 Å². The van der Waals surface area contributed by atoms with Crippen LogP contribution in [-0.2, 0) is 0 Å². The summed E-state index contributed by atoms with van der Waals surface area (Å²) in [5.41, 5.74) is -0.201. The number of anilines is 1. The number of nitro groups is 1. The number of methoxy groups -OCH3 is 1. The maximum absolute atomic E-state index is 14.2.